The van der Waals surface area contributed by atoms with Crippen molar-refractivity contribution >= 4 is 17.4 Å². The maximum Gasteiger partial charge on any atom is 0.295 e. The van der Waals surface area contributed by atoms with Crippen LogP contribution in [0.15, 0.2) is 48.0 Å². The number of carbonyl (C=O) groups is 2. The standard InChI is InChI=1S/C27H31NO5/c1-4-17-13-15-18(16-14-17)24-23(25(29)22-20(32-2)11-8-12-21(22)33-3)26(30)27(31)28(24)19-9-6-5-7-10-19/h8,11-16,19,24,29H,4-7,9-10H2,1-3H3/b25-23+. The Balaban J connectivity index is 1.93. The molecule has 174 valence electrons. The fourth-order valence-corrected chi connectivity index (χ4v) is 5.07. The van der Waals surface area contributed by atoms with Crippen molar-refractivity contribution in [3.05, 3.63) is 64.7 Å². The molecule has 1 aliphatic heterocycles. The molecule has 1 amide bonds. The molecule has 1 aliphatic carbocycles. The Kier molecular flexibility index (Phi) is 6.72. The summed E-state index contributed by atoms with van der Waals surface area (Å²) < 4.78 is 10.9. The van der Waals surface area contributed by atoms with E-state index < -0.39 is 17.7 Å². The van der Waals surface area contributed by atoms with E-state index >= 15 is 0 Å². The molecular formula is C27H31NO5. The van der Waals surface area contributed by atoms with E-state index in [9.17, 15) is 14.7 Å². The number of Topliss-reactive ketones (excluding diaryl/α,β-unsaturated/α-hetero) is 1. The van der Waals surface area contributed by atoms with Gasteiger partial charge in [-0.05, 0) is 42.5 Å². The number of aliphatic hydroxyl groups is 1. The number of rotatable bonds is 6. The lowest BCUT2D eigenvalue weighted by Gasteiger charge is -2.35. The number of carbonyl (C=O) groups excluding carboxylic acids is 2. The molecule has 1 saturated heterocycles. The van der Waals surface area contributed by atoms with Crippen molar-refractivity contribution in [3.8, 4) is 11.5 Å². The van der Waals surface area contributed by atoms with Crippen LogP contribution in [0.3, 0.4) is 0 Å². The molecule has 1 atom stereocenters. The number of aliphatic hydroxyl groups excluding tert-OH is 1. The first-order valence-corrected chi connectivity index (χ1v) is 11.6. The lowest BCUT2D eigenvalue weighted by molar-refractivity contribution is -0.141. The van der Waals surface area contributed by atoms with Gasteiger partial charge >= 0.3 is 0 Å². The Bertz CT molecular complexity index is 1040. The molecule has 1 saturated carbocycles. The number of amides is 1. The van der Waals surface area contributed by atoms with E-state index in [2.05, 4.69) is 6.92 Å². The maximum absolute atomic E-state index is 13.4. The van der Waals surface area contributed by atoms with Crippen LogP contribution in [0.4, 0.5) is 0 Å². The minimum Gasteiger partial charge on any atom is -0.506 e. The zero-order valence-electron chi connectivity index (χ0n) is 19.5. The average Bonchev–Trinajstić information content (AvgIpc) is 3.13. The summed E-state index contributed by atoms with van der Waals surface area (Å²) >= 11 is 0. The first kappa shape index (κ1) is 22.9. The third-order valence-electron chi connectivity index (χ3n) is 6.82. The minimum absolute atomic E-state index is 0.0316. The van der Waals surface area contributed by atoms with Gasteiger partial charge in [-0.1, -0.05) is 56.5 Å². The molecule has 2 aliphatic rings. The SMILES string of the molecule is CCc1ccc(C2/C(=C(\O)c3c(OC)cccc3OC)C(=O)C(=O)N2C2CCCCC2)cc1. The Hall–Kier alpha value is -3.28. The second-order valence-corrected chi connectivity index (χ2v) is 8.63. The molecule has 1 N–H and O–H groups in total. The summed E-state index contributed by atoms with van der Waals surface area (Å²) in [6.45, 7) is 2.08. The third-order valence-corrected chi connectivity index (χ3v) is 6.82. The molecule has 2 fully saturated rings. The van der Waals surface area contributed by atoms with Crippen LogP contribution < -0.4 is 9.47 Å². The van der Waals surface area contributed by atoms with Gasteiger partial charge in [0, 0.05) is 6.04 Å². The van der Waals surface area contributed by atoms with Gasteiger partial charge in [0.25, 0.3) is 11.7 Å². The van der Waals surface area contributed by atoms with E-state index in [1.54, 1.807) is 23.1 Å². The topological polar surface area (TPSA) is 76.1 Å². The fourth-order valence-electron chi connectivity index (χ4n) is 5.07. The molecule has 0 radical (unpaired) electrons. The fraction of sp³-hybridized carbons (Fsp3) is 0.407. The number of hydrogen-bond acceptors (Lipinski definition) is 5. The second-order valence-electron chi connectivity index (χ2n) is 8.63. The van der Waals surface area contributed by atoms with E-state index in [1.165, 1.54) is 19.8 Å². The van der Waals surface area contributed by atoms with Crippen molar-refractivity contribution in [1.82, 2.24) is 4.90 Å². The number of ether oxygens (including phenoxy) is 2. The summed E-state index contributed by atoms with van der Waals surface area (Å²) in [5.41, 5.74) is 2.34. The number of hydrogen-bond donors (Lipinski definition) is 1. The number of benzene rings is 2. The minimum atomic E-state index is -0.671. The van der Waals surface area contributed by atoms with Gasteiger partial charge in [0.05, 0.1) is 25.8 Å². The summed E-state index contributed by atoms with van der Waals surface area (Å²) in [6.07, 6.45) is 5.78. The van der Waals surface area contributed by atoms with Crippen LogP contribution in [0.5, 0.6) is 11.5 Å². The summed E-state index contributed by atoms with van der Waals surface area (Å²) in [5.74, 6) is -0.755. The molecule has 4 rings (SSSR count). The maximum atomic E-state index is 13.4. The molecule has 2 aromatic rings. The van der Waals surface area contributed by atoms with Gasteiger partial charge in [-0.15, -0.1) is 0 Å². The van der Waals surface area contributed by atoms with Crippen LogP contribution >= 0.6 is 0 Å². The Morgan fingerprint density at radius 3 is 2.12 bits per heavy atom. The van der Waals surface area contributed by atoms with E-state index in [4.69, 9.17) is 9.47 Å². The number of ketones is 1. The Labute approximate surface area is 194 Å². The van der Waals surface area contributed by atoms with E-state index in [0.717, 1.165) is 44.1 Å². The van der Waals surface area contributed by atoms with E-state index in [-0.39, 0.29) is 22.9 Å². The molecule has 0 spiro atoms. The number of nitrogens with zero attached hydrogens (tertiary/aromatic N) is 1. The molecule has 1 unspecified atom stereocenters. The molecule has 6 nitrogen and oxygen atoms in total. The summed E-state index contributed by atoms with van der Waals surface area (Å²) in [7, 11) is 2.99. The number of aryl methyl sites for hydroxylation is 1. The Morgan fingerprint density at radius 1 is 0.970 bits per heavy atom. The van der Waals surface area contributed by atoms with Gasteiger partial charge in [-0.2, -0.15) is 0 Å². The van der Waals surface area contributed by atoms with Gasteiger partial charge in [0.2, 0.25) is 0 Å². The highest BCUT2D eigenvalue weighted by Gasteiger charge is 2.49. The van der Waals surface area contributed by atoms with Crippen LogP contribution in [0.2, 0.25) is 0 Å². The first-order chi connectivity index (χ1) is 16.0. The van der Waals surface area contributed by atoms with Crippen molar-refractivity contribution < 1.29 is 24.2 Å². The third kappa shape index (κ3) is 4.10. The van der Waals surface area contributed by atoms with Gasteiger partial charge in [0.15, 0.2) is 0 Å². The zero-order chi connectivity index (χ0) is 23.5. The van der Waals surface area contributed by atoms with Crippen LogP contribution in [0, 0.1) is 0 Å². The zero-order valence-corrected chi connectivity index (χ0v) is 19.5. The van der Waals surface area contributed by atoms with Crippen molar-refractivity contribution in [2.24, 2.45) is 0 Å². The quantitative estimate of drug-likeness (QED) is 0.381. The predicted molar refractivity (Wildman–Crippen MR) is 126 cm³/mol. The monoisotopic (exact) mass is 449 g/mol. The predicted octanol–water partition coefficient (Wildman–Crippen LogP) is 5.02. The van der Waals surface area contributed by atoms with Crippen LogP contribution in [0.25, 0.3) is 5.76 Å². The molecule has 0 bridgehead atoms. The summed E-state index contributed by atoms with van der Waals surface area (Å²) in [4.78, 5) is 28.4. The average molecular weight is 450 g/mol. The molecule has 33 heavy (non-hydrogen) atoms. The van der Waals surface area contributed by atoms with Crippen LogP contribution in [-0.2, 0) is 16.0 Å². The van der Waals surface area contributed by atoms with E-state index in [0.29, 0.717) is 11.5 Å². The van der Waals surface area contributed by atoms with Gasteiger partial charge < -0.3 is 19.5 Å². The first-order valence-electron chi connectivity index (χ1n) is 11.6. The largest absolute Gasteiger partial charge is 0.506 e. The van der Waals surface area contributed by atoms with Crippen molar-refractivity contribution in [3.63, 3.8) is 0 Å². The highest BCUT2D eigenvalue weighted by atomic mass is 16.5. The van der Waals surface area contributed by atoms with Crippen LogP contribution in [-0.4, -0.2) is 42.0 Å². The lowest BCUT2D eigenvalue weighted by Crippen LogP contribution is -2.40. The van der Waals surface area contributed by atoms with Crippen molar-refractivity contribution in [1.29, 1.82) is 0 Å². The molecule has 6 heteroatoms. The lowest BCUT2D eigenvalue weighted by atomic mass is 9.90. The highest BCUT2D eigenvalue weighted by molar-refractivity contribution is 6.46. The molecule has 2 aromatic carbocycles. The summed E-state index contributed by atoms with van der Waals surface area (Å²) in [5, 5.41) is 11.5. The number of likely N-dealkylation sites (tertiary alicyclic amines) is 1. The van der Waals surface area contributed by atoms with Gasteiger partial charge in [-0.25, -0.2) is 0 Å². The van der Waals surface area contributed by atoms with Gasteiger partial charge in [0.1, 0.15) is 22.8 Å². The van der Waals surface area contributed by atoms with Gasteiger partial charge in [-0.3, -0.25) is 9.59 Å². The second kappa shape index (κ2) is 9.69. The van der Waals surface area contributed by atoms with Crippen LogP contribution in [0.1, 0.15) is 61.8 Å². The summed E-state index contributed by atoms with van der Waals surface area (Å²) in [6, 6.07) is 12.4. The smallest absolute Gasteiger partial charge is 0.295 e. The number of methoxy groups -OCH3 is 2. The normalized spacial score (nSPS) is 20.8. The highest BCUT2D eigenvalue weighted by Crippen LogP contribution is 2.45. The van der Waals surface area contributed by atoms with Crippen molar-refractivity contribution in [2.45, 2.75) is 57.5 Å². The van der Waals surface area contributed by atoms with Crippen molar-refractivity contribution in [2.75, 3.05) is 14.2 Å². The molecular weight excluding hydrogens is 418 g/mol. The molecule has 1 heterocycles. The van der Waals surface area contributed by atoms with E-state index in [1.807, 2.05) is 24.3 Å². The molecule has 0 aromatic heterocycles. The Morgan fingerprint density at radius 2 is 1.58 bits per heavy atom.